The number of amides is 3. The van der Waals surface area contributed by atoms with E-state index in [2.05, 4.69) is 31.4 Å². The highest BCUT2D eigenvalue weighted by Gasteiger charge is 2.24. The lowest BCUT2D eigenvalue weighted by molar-refractivity contribution is -0.122. The van der Waals surface area contributed by atoms with E-state index in [0.717, 1.165) is 12.0 Å². The van der Waals surface area contributed by atoms with E-state index in [1.54, 1.807) is 11.9 Å². The van der Waals surface area contributed by atoms with E-state index in [0.29, 0.717) is 13.0 Å². The summed E-state index contributed by atoms with van der Waals surface area (Å²) in [4.78, 5) is 26.3. The van der Waals surface area contributed by atoms with Crippen molar-refractivity contribution in [3.05, 3.63) is 35.9 Å². The van der Waals surface area contributed by atoms with Crippen LogP contribution in [0.4, 0.5) is 4.79 Å². The minimum absolute atomic E-state index is 0.0816. The second kappa shape index (κ2) is 10.0. The van der Waals surface area contributed by atoms with Gasteiger partial charge in [-0.2, -0.15) is 0 Å². The largest absolute Gasteiger partial charge is 0.395 e. The van der Waals surface area contributed by atoms with Gasteiger partial charge in [0, 0.05) is 26.6 Å². The Bertz CT molecular complexity index is 541. The summed E-state index contributed by atoms with van der Waals surface area (Å²) >= 11 is 0. The molecule has 0 unspecified atom stereocenters. The van der Waals surface area contributed by atoms with Crippen LogP contribution in [0.5, 0.6) is 0 Å². The number of aliphatic hydroxyl groups is 1. The molecule has 0 aliphatic carbocycles. The van der Waals surface area contributed by atoms with Gasteiger partial charge in [-0.25, -0.2) is 4.79 Å². The number of hydrogen-bond acceptors (Lipinski definition) is 3. The minimum atomic E-state index is -0.657. The van der Waals surface area contributed by atoms with Crippen molar-refractivity contribution < 1.29 is 14.7 Å². The molecule has 1 aromatic rings. The monoisotopic (exact) mass is 349 g/mol. The molecule has 6 heteroatoms. The summed E-state index contributed by atoms with van der Waals surface area (Å²) in [6.45, 7) is 6.97. The molecule has 0 aromatic heterocycles. The number of likely N-dealkylation sites (N-methyl/N-ethyl adjacent to an activating group) is 1. The van der Waals surface area contributed by atoms with E-state index in [9.17, 15) is 14.7 Å². The molecule has 0 heterocycles. The average Bonchev–Trinajstić information content (AvgIpc) is 2.57. The highest BCUT2D eigenvalue weighted by Crippen LogP contribution is 2.18. The molecule has 1 atom stereocenters. The van der Waals surface area contributed by atoms with Crippen molar-refractivity contribution in [3.8, 4) is 0 Å². The zero-order chi connectivity index (χ0) is 18.9. The van der Waals surface area contributed by atoms with Crippen LogP contribution in [-0.4, -0.2) is 54.7 Å². The second-order valence-electron chi connectivity index (χ2n) is 7.33. The fraction of sp³-hybridized carbons (Fsp3) is 0.579. The lowest BCUT2D eigenvalue weighted by Gasteiger charge is -2.28. The second-order valence-corrected chi connectivity index (χ2v) is 7.33. The Labute approximate surface area is 150 Å². The van der Waals surface area contributed by atoms with Gasteiger partial charge in [0.05, 0.1) is 6.61 Å². The van der Waals surface area contributed by atoms with Gasteiger partial charge in [0.1, 0.15) is 6.04 Å². The molecule has 1 aromatic carbocycles. The van der Waals surface area contributed by atoms with Crippen molar-refractivity contribution in [2.45, 2.75) is 39.7 Å². The first-order valence-corrected chi connectivity index (χ1v) is 8.68. The van der Waals surface area contributed by atoms with Crippen molar-refractivity contribution in [1.29, 1.82) is 0 Å². The van der Waals surface area contributed by atoms with Crippen molar-refractivity contribution in [1.82, 2.24) is 15.5 Å². The predicted molar refractivity (Wildman–Crippen MR) is 99.3 cm³/mol. The molecule has 0 aliphatic heterocycles. The number of nitrogens with one attached hydrogen (secondary N) is 2. The number of urea groups is 1. The number of rotatable bonds is 8. The molecule has 25 heavy (non-hydrogen) atoms. The molecule has 0 aliphatic rings. The van der Waals surface area contributed by atoms with Crippen LogP contribution in [0.3, 0.4) is 0 Å². The summed E-state index contributed by atoms with van der Waals surface area (Å²) in [6, 6.07) is 8.57. The van der Waals surface area contributed by atoms with E-state index >= 15 is 0 Å². The summed E-state index contributed by atoms with van der Waals surface area (Å²) < 4.78 is 0. The van der Waals surface area contributed by atoms with Crippen molar-refractivity contribution in [2.24, 2.45) is 5.41 Å². The average molecular weight is 349 g/mol. The highest BCUT2D eigenvalue weighted by molar-refractivity contribution is 5.87. The Morgan fingerprint density at radius 2 is 1.80 bits per heavy atom. The summed E-state index contributed by atoms with van der Waals surface area (Å²) in [5.74, 6) is -0.239. The molecule has 3 N–H and O–H groups in total. The summed E-state index contributed by atoms with van der Waals surface area (Å²) in [5, 5.41) is 14.6. The lowest BCUT2D eigenvalue weighted by Crippen LogP contribution is -2.52. The van der Waals surface area contributed by atoms with Crippen LogP contribution in [-0.2, 0) is 11.2 Å². The van der Waals surface area contributed by atoms with E-state index < -0.39 is 6.04 Å². The number of carbonyl (C=O) groups excluding carboxylic acids is 2. The highest BCUT2D eigenvalue weighted by atomic mass is 16.3. The predicted octanol–water partition coefficient (Wildman–Crippen LogP) is 1.78. The third kappa shape index (κ3) is 8.03. The third-order valence-corrected chi connectivity index (χ3v) is 3.93. The fourth-order valence-electron chi connectivity index (χ4n) is 2.38. The Hall–Kier alpha value is -2.08. The molecular weight excluding hydrogens is 318 g/mol. The molecule has 0 radical (unpaired) electrons. The first-order chi connectivity index (χ1) is 11.8. The van der Waals surface area contributed by atoms with Gasteiger partial charge in [-0.05, 0) is 17.4 Å². The quantitative estimate of drug-likeness (QED) is 0.669. The Kier molecular flexibility index (Phi) is 8.41. The molecule has 1 rings (SSSR count). The van der Waals surface area contributed by atoms with Crippen LogP contribution in [0.25, 0.3) is 0 Å². The van der Waals surface area contributed by atoms with Crippen LogP contribution >= 0.6 is 0 Å². The smallest absolute Gasteiger partial charge is 0.318 e. The summed E-state index contributed by atoms with van der Waals surface area (Å²) in [6.07, 6.45) is 1.22. The number of aliphatic hydroxyl groups excluding tert-OH is 1. The standard InChI is InChI=1S/C19H31N3O3/c1-19(2,3)10-11-22(12-13-23)18(25)21-16(17(24)20-4)14-15-8-6-5-7-9-15/h5-9,16,23H,10-14H2,1-4H3,(H,20,24)(H,21,25)/t16-/m0/s1. The molecule has 0 bridgehead atoms. The van der Waals surface area contributed by atoms with Gasteiger partial charge < -0.3 is 20.6 Å². The normalized spacial score (nSPS) is 12.4. The van der Waals surface area contributed by atoms with Gasteiger partial charge >= 0.3 is 6.03 Å². The molecule has 3 amide bonds. The summed E-state index contributed by atoms with van der Waals surface area (Å²) in [7, 11) is 1.55. The maximum absolute atomic E-state index is 12.6. The van der Waals surface area contributed by atoms with E-state index in [4.69, 9.17) is 0 Å². The number of benzene rings is 1. The maximum Gasteiger partial charge on any atom is 0.318 e. The minimum Gasteiger partial charge on any atom is -0.395 e. The Morgan fingerprint density at radius 3 is 2.32 bits per heavy atom. The molecule has 140 valence electrons. The van der Waals surface area contributed by atoms with Crippen LogP contribution in [0.2, 0.25) is 0 Å². The topological polar surface area (TPSA) is 81.7 Å². The van der Waals surface area contributed by atoms with Crippen LogP contribution in [0.1, 0.15) is 32.8 Å². The van der Waals surface area contributed by atoms with Gasteiger partial charge in [0.2, 0.25) is 5.91 Å². The fourth-order valence-corrected chi connectivity index (χ4v) is 2.38. The first-order valence-electron chi connectivity index (χ1n) is 8.68. The molecule has 6 nitrogen and oxygen atoms in total. The van der Waals surface area contributed by atoms with E-state index in [-0.39, 0.29) is 30.5 Å². The van der Waals surface area contributed by atoms with Gasteiger partial charge in [-0.1, -0.05) is 51.1 Å². The maximum atomic E-state index is 12.6. The molecular formula is C19H31N3O3. The van der Waals surface area contributed by atoms with Crippen LogP contribution in [0.15, 0.2) is 30.3 Å². The zero-order valence-corrected chi connectivity index (χ0v) is 15.7. The first kappa shape index (κ1) is 21.0. The van der Waals surface area contributed by atoms with Gasteiger partial charge in [-0.15, -0.1) is 0 Å². The molecule has 0 saturated carbocycles. The van der Waals surface area contributed by atoms with Gasteiger partial charge in [0.15, 0.2) is 0 Å². The van der Waals surface area contributed by atoms with E-state index in [1.807, 2.05) is 30.3 Å². The van der Waals surface area contributed by atoms with Gasteiger partial charge in [-0.3, -0.25) is 4.79 Å². The Balaban J connectivity index is 2.78. The molecule has 0 fully saturated rings. The van der Waals surface area contributed by atoms with Crippen LogP contribution < -0.4 is 10.6 Å². The third-order valence-electron chi connectivity index (χ3n) is 3.93. The lowest BCUT2D eigenvalue weighted by atomic mass is 9.92. The number of carbonyl (C=O) groups is 2. The molecule has 0 saturated heterocycles. The number of nitrogens with zero attached hydrogens (tertiary/aromatic N) is 1. The SMILES string of the molecule is CNC(=O)[C@H](Cc1ccccc1)NC(=O)N(CCO)CCC(C)(C)C. The van der Waals surface area contributed by atoms with Crippen molar-refractivity contribution in [3.63, 3.8) is 0 Å². The Morgan fingerprint density at radius 1 is 1.16 bits per heavy atom. The molecule has 0 spiro atoms. The summed E-state index contributed by atoms with van der Waals surface area (Å²) in [5.41, 5.74) is 1.05. The zero-order valence-electron chi connectivity index (χ0n) is 15.7. The van der Waals surface area contributed by atoms with Crippen LogP contribution in [0, 0.1) is 5.41 Å². The van der Waals surface area contributed by atoms with Crippen molar-refractivity contribution in [2.75, 3.05) is 26.7 Å². The van der Waals surface area contributed by atoms with Gasteiger partial charge in [0.25, 0.3) is 0 Å². The van der Waals surface area contributed by atoms with E-state index in [1.165, 1.54) is 0 Å². The van der Waals surface area contributed by atoms with Crippen molar-refractivity contribution >= 4 is 11.9 Å². The number of hydrogen-bond donors (Lipinski definition) is 3.